The molecule has 3 rings (SSSR count). The van der Waals surface area contributed by atoms with Crippen molar-refractivity contribution in [1.82, 2.24) is 0 Å². The quantitative estimate of drug-likeness (QED) is 0.672. The van der Waals surface area contributed by atoms with Crippen molar-refractivity contribution in [3.05, 3.63) is 53.2 Å². The molecule has 0 radical (unpaired) electrons. The van der Waals surface area contributed by atoms with Gasteiger partial charge in [-0.2, -0.15) is 0 Å². The Balaban J connectivity index is 2.38. The van der Waals surface area contributed by atoms with Crippen LogP contribution < -0.4 is 5.73 Å². The maximum Gasteiger partial charge on any atom is 0.178 e. The number of para-hydroxylation sites is 2. The van der Waals surface area contributed by atoms with Crippen LogP contribution in [0.4, 0.5) is 5.69 Å². The zero-order valence-corrected chi connectivity index (χ0v) is 10.6. The first-order chi connectivity index (χ1) is 8.27. The molecule has 0 atom stereocenters. The molecule has 0 bridgehead atoms. The van der Waals surface area contributed by atoms with Gasteiger partial charge in [0.1, 0.15) is 5.58 Å². The molecule has 0 spiro atoms. The van der Waals surface area contributed by atoms with E-state index in [1.807, 2.05) is 48.5 Å². The smallest absolute Gasteiger partial charge is 0.178 e. The highest BCUT2D eigenvalue weighted by atomic mass is 79.9. The van der Waals surface area contributed by atoms with Crippen molar-refractivity contribution in [2.75, 3.05) is 5.73 Å². The fourth-order valence-electron chi connectivity index (χ4n) is 1.99. The standard InChI is InChI=1S/C14H10BrNO/c15-14-13(9-5-1-3-7-11(9)16)10-6-2-4-8-12(10)17-14/h1-8H,16H2. The lowest BCUT2D eigenvalue weighted by Gasteiger charge is -2.03. The summed E-state index contributed by atoms with van der Waals surface area (Å²) < 4.78 is 6.39. The molecule has 2 aromatic carbocycles. The predicted molar refractivity (Wildman–Crippen MR) is 73.8 cm³/mol. The van der Waals surface area contributed by atoms with E-state index >= 15 is 0 Å². The number of halogens is 1. The number of anilines is 1. The van der Waals surface area contributed by atoms with E-state index in [0.29, 0.717) is 0 Å². The fraction of sp³-hybridized carbons (Fsp3) is 0. The summed E-state index contributed by atoms with van der Waals surface area (Å²) in [6.45, 7) is 0. The summed E-state index contributed by atoms with van der Waals surface area (Å²) in [5.74, 6) is 0. The van der Waals surface area contributed by atoms with E-state index in [9.17, 15) is 0 Å². The van der Waals surface area contributed by atoms with Gasteiger partial charge >= 0.3 is 0 Å². The number of benzene rings is 2. The predicted octanol–water partition coefficient (Wildman–Crippen LogP) is 4.44. The summed E-state index contributed by atoms with van der Waals surface area (Å²) in [4.78, 5) is 0. The molecule has 2 N–H and O–H groups in total. The van der Waals surface area contributed by atoms with Crippen molar-refractivity contribution < 1.29 is 4.42 Å². The van der Waals surface area contributed by atoms with E-state index in [-0.39, 0.29) is 0 Å². The molecule has 0 saturated carbocycles. The summed E-state index contributed by atoms with van der Waals surface area (Å²) >= 11 is 3.46. The first-order valence-corrected chi connectivity index (χ1v) is 6.08. The average molecular weight is 288 g/mol. The van der Waals surface area contributed by atoms with Gasteiger partial charge in [0.15, 0.2) is 4.67 Å². The maximum absolute atomic E-state index is 6.01. The topological polar surface area (TPSA) is 39.2 Å². The maximum atomic E-state index is 6.01. The van der Waals surface area contributed by atoms with Gasteiger partial charge in [-0.15, -0.1) is 0 Å². The Labute approximate surface area is 107 Å². The van der Waals surface area contributed by atoms with Crippen molar-refractivity contribution in [1.29, 1.82) is 0 Å². The summed E-state index contributed by atoms with van der Waals surface area (Å²) in [6.07, 6.45) is 0. The third-order valence-corrected chi connectivity index (χ3v) is 3.34. The second kappa shape index (κ2) is 3.93. The Morgan fingerprint density at radius 2 is 1.65 bits per heavy atom. The normalized spacial score (nSPS) is 10.9. The molecule has 0 aliphatic carbocycles. The van der Waals surface area contributed by atoms with Gasteiger partial charge in [-0.1, -0.05) is 36.4 Å². The van der Waals surface area contributed by atoms with Crippen molar-refractivity contribution in [2.45, 2.75) is 0 Å². The zero-order chi connectivity index (χ0) is 11.8. The second-order valence-electron chi connectivity index (χ2n) is 3.83. The van der Waals surface area contributed by atoms with E-state index in [1.165, 1.54) is 0 Å². The molecule has 0 aliphatic heterocycles. The van der Waals surface area contributed by atoms with Crippen LogP contribution in [0, 0.1) is 0 Å². The zero-order valence-electron chi connectivity index (χ0n) is 8.98. The van der Waals surface area contributed by atoms with Crippen LogP contribution in [-0.4, -0.2) is 0 Å². The van der Waals surface area contributed by atoms with Gasteiger partial charge in [0.05, 0.1) is 0 Å². The largest absolute Gasteiger partial charge is 0.449 e. The number of hydrogen-bond acceptors (Lipinski definition) is 2. The Bertz CT molecular complexity index is 688. The monoisotopic (exact) mass is 287 g/mol. The molecular weight excluding hydrogens is 278 g/mol. The third-order valence-electron chi connectivity index (χ3n) is 2.78. The minimum atomic E-state index is 0.719. The van der Waals surface area contributed by atoms with Gasteiger partial charge in [0.25, 0.3) is 0 Å². The van der Waals surface area contributed by atoms with Crippen molar-refractivity contribution >= 4 is 32.6 Å². The van der Waals surface area contributed by atoms with Crippen molar-refractivity contribution in [3.63, 3.8) is 0 Å². The Morgan fingerprint density at radius 3 is 2.47 bits per heavy atom. The van der Waals surface area contributed by atoms with Gasteiger partial charge in [-0.3, -0.25) is 0 Å². The molecule has 1 heterocycles. The summed E-state index contributed by atoms with van der Waals surface area (Å²) in [6, 6.07) is 15.7. The van der Waals surface area contributed by atoms with Gasteiger partial charge in [0.2, 0.25) is 0 Å². The Kier molecular flexibility index (Phi) is 2.41. The van der Waals surface area contributed by atoms with E-state index in [2.05, 4.69) is 15.9 Å². The van der Waals surface area contributed by atoms with Crippen LogP contribution in [-0.2, 0) is 0 Å². The van der Waals surface area contributed by atoms with E-state index < -0.39 is 0 Å². The Morgan fingerprint density at radius 1 is 0.941 bits per heavy atom. The first kappa shape index (κ1) is 10.4. The van der Waals surface area contributed by atoms with Crippen LogP contribution in [0.2, 0.25) is 0 Å². The SMILES string of the molecule is Nc1ccccc1-c1c(Br)oc2ccccc12. The van der Waals surface area contributed by atoms with Crippen LogP contribution in [0.5, 0.6) is 0 Å². The minimum Gasteiger partial charge on any atom is -0.449 e. The molecule has 0 saturated heterocycles. The van der Waals surface area contributed by atoms with Gasteiger partial charge in [-0.25, -0.2) is 0 Å². The molecule has 84 valence electrons. The molecule has 3 aromatic rings. The lowest BCUT2D eigenvalue weighted by Crippen LogP contribution is -1.88. The Hall–Kier alpha value is -1.74. The van der Waals surface area contributed by atoms with E-state index in [0.717, 1.165) is 32.5 Å². The number of rotatable bonds is 1. The number of nitrogen functional groups attached to an aromatic ring is 1. The highest BCUT2D eigenvalue weighted by Crippen LogP contribution is 2.40. The van der Waals surface area contributed by atoms with Crippen LogP contribution in [0.1, 0.15) is 0 Å². The number of fused-ring (bicyclic) bond motifs is 1. The molecular formula is C14H10BrNO. The van der Waals surface area contributed by atoms with Crippen LogP contribution in [0.3, 0.4) is 0 Å². The number of hydrogen-bond donors (Lipinski definition) is 1. The van der Waals surface area contributed by atoms with Gasteiger partial charge in [-0.05, 0) is 28.1 Å². The average Bonchev–Trinajstić information content (AvgIpc) is 2.66. The van der Waals surface area contributed by atoms with Crippen LogP contribution >= 0.6 is 15.9 Å². The molecule has 2 nitrogen and oxygen atoms in total. The highest BCUT2D eigenvalue weighted by Gasteiger charge is 2.15. The van der Waals surface area contributed by atoms with Gasteiger partial charge in [0, 0.05) is 22.2 Å². The van der Waals surface area contributed by atoms with Crippen LogP contribution in [0.15, 0.2) is 57.6 Å². The summed E-state index contributed by atoms with van der Waals surface area (Å²) in [5, 5.41) is 1.07. The van der Waals surface area contributed by atoms with Crippen molar-refractivity contribution in [2.24, 2.45) is 0 Å². The second-order valence-corrected chi connectivity index (χ2v) is 4.55. The van der Waals surface area contributed by atoms with Gasteiger partial charge < -0.3 is 10.2 Å². The van der Waals surface area contributed by atoms with Crippen molar-refractivity contribution in [3.8, 4) is 11.1 Å². The third kappa shape index (κ3) is 1.63. The molecule has 0 aliphatic rings. The molecule has 0 fully saturated rings. The van der Waals surface area contributed by atoms with Crippen LogP contribution in [0.25, 0.3) is 22.1 Å². The van der Waals surface area contributed by atoms with E-state index in [4.69, 9.17) is 10.2 Å². The lowest BCUT2D eigenvalue weighted by molar-refractivity contribution is 0.589. The molecule has 0 unspecified atom stereocenters. The summed E-state index contributed by atoms with van der Waals surface area (Å²) in [5.41, 5.74) is 9.62. The lowest BCUT2D eigenvalue weighted by atomic mass is 10.0. The van der Waals surface area contributed by atoms with E-state index in [1.54, 1.807) is 0 Å². The highest BCUT2D eigenvalue weighted by molar-refractivity contribution is 9.10. The minimum absolute atomic E-state index is 0.719. The molecule has 0 amide bonds. The number of furan rings is 1. The number of nitrogens with two attached hydrogens (primary N) is 1. The first-order valence-electron chi connectivity index (χ1n) is 5.29. The molecule has 1 aromatic heterocycles. The molecule has 17 heavy (non-hydrogen) atoms. The summed E-state index contributed by atoms with van der Waals surface area (Å²) in [7, 11) is 0. The fourth-order valence-corrected chi connectivity index (χ4v) is 2.59. The molecule has 3 heteroatoms.